The summed E-state index contributed by atoms with van der Waals surface area (Å²) in [6, 6.07) is 1.65. The molecule has 1 aliphatic heterocycles. The van der Waals surface area contributed by atoms with Gasteiger partial charge in [-0.25, -0.2) is 0 Å². The highest BCUT2D eigenvalue weighted by atomic mass is 15.2. The van der Waals surface area contributed by atoms with Gasteiger partial charge in [0.2, 0.25) is 0 Å². The first-order valence-electron chi connectivity index (χ1n) is 8.61. The lowest BCUT2D eigenvalue weighted by atomic mass is 9.77. The van der Waals surface area contributed by atoms with E-state index in [9.17, 15) is 0 Å². The first kappa shape index (κ1) is 13.9. The van der Waals surface area contributed by atoms with Gasteiger partial charge >= 0.3 is 0 Å². The lowest BCUT2D eigenvalue weighted by Crippen LogP contribution is -2.57. The van der Waals surface area contributed by atoms with Crippen molar-refractivity contribution in [1.29, 1.82) is 0 Å². The minimum Gasteiger partial charge on any atom is -0.312 e. The molecule has 19 heavy (non-hydrogen) atoms. The van der Waals surface area contributed by atoms with Crippen LogP contribution in [0.5, 0.6) is 0 Å². The van der Waals surface area contributed by atoms with Crippen LogP contribution in [0.25, 0.3) is 0 Å². The minimum absolute atomic E-state index is 0.759. The van der Waals surface area contributed by atoms with Gasteiger partial charge in [-0.1, -0.05) is 20.8 Å². The normalized spacial score (nSPS) is 40.4. The van der Waals surface area contributed by atoms with Gasteiger partial charge in [-0.15, -0.1) is 0 Å². The van der Waals surface area contributed by atoms with Crippen molar-refractivity contribution < 1.29 is 0 Å². The quantitative estimate of drug-likeness (QED) is 0.821. The molecule has 2 heteroatoms. The molecule has 0 aromatic rings. The van der Waals surface area contributed by atoms with Crippen molar-refractivity contribution >= 4 is 0 Å². The summed E-state index contributed by atoms with van der Waals surface area (Å²) >= 11 is 0. The number of nitrogens with zero attached hydrogens (tertiary/aromatic N) is 1. The molecule has 3 aliphatic rings. The van der Waals surface area contributed by atoms with Crippen LogP contribution in [0.3, 0.4) is 0 Å². The number of nitrogens with one attached hydrogen (secondary N) is 1. The standard InChI is InChI=1S/C17H32N2/c1-12(2)15-8-16(18-9-14-5-6-14)11-19(10-15)17-7-4-13(17)3/h12-18H,4-11H2,1-3H3. The van der Waals surface area contributed by atoms with E-state index in [4.69, 9.17) is 0 Å². The molecule has 0 amide bonds. The Morgan fingerprint density at radius 3 is 2.42 bits per heavy atom. The van der Waals surface area contributed by atoms with Crippen LogP contribution in [-0.4, -0.2) is 36.6 Å². The zero-order valence-corrected chi connectivity index (χ0v) is 13.1. The van der Waals surface area contributed by atoms with Gasteiger partial charge in [0.25, 0.3) is 0 Å². The molecule has 110 valence electrons. The van der Waals surface area contributed by atoms with Crippen molar-refractivity contribution in [2.75, 3.05) is 19.6 Å². The SMILES string of the molecule is CC(C)C1CC(NCC2CC2)CN(C2CCC2C)C1. The molecule has 2 saturated carbocycles. The summed E-state index contributed by atoms with van der Waals surface area (Å²) in [6.45, 7) is 11.2. The Labute approximate surface area is 119 Å². The first-order valence-corrected chi connectivity index (χ1v) is 8.61. The van der Waals surface area contributed by atoms with Crippen LogP contribution in [0, 0.1) is 23.7 Å². The molecule has 2 nitrogen and oxygen atoms in total. The van der Waals surface area contributed by atoms with Crippen LogP contribution in [-0.2, 0) is 0 Å². The third kappa shape index (κ3) is 3.33. The minimum atomic E-state index is 0.759. The summed E-state index contributed by atoms with van der Waals surface area (Å²) in [5.74, 6) is 3.69. The molecule has 1 heterocycles. The summed E-state index contributed by atoms with van der Waals surface area (Å²) in [5.41, 5.74) is 0. The average Bonchev–Trinajstić information content (AvgIpc) is 3.18. The van der Waals surface area contributed by atoms with Crippen LogP contribution in [0.15, 0.2) is 0 Å². The molecule has 4 atom stereocenters. The molecule has 1 saturated heterocycles. The van der Waals surface area contributed by atoms with Crippen molar-refractivity contribution in [2.45, 2.75) is 65.0 Å². The maximum Gasteiger partial charge on any atom is 0.0198 e. The number of piperidine rings is 1. The first-order chi connectivity index (χ1) is 9.13. The van der Waals surface area contributed by atoms with E-state index in [1.54, 1.807) is 0 Å². The van der Waals surface area contributed by atoms with Gasteiger partial charge in [-0.3, -0.25) is 4.90 Å². The highest BCUT2D eigenvalue weighted by Gasteiger charge is 2.38. The number of likely N-dealkylation sites (tertiary alicyclic amines) is 1. The number of hydrogen-bond donors (Lipinski definition) is 1. The predicted octanol–water partition coefficient (Wildman–Crippen LogP) is 3.13. The van der Waals surface area contributed by atoms with Crippen LogP contribution in [0.2, 0.25) is 0 Å². The smallest absolute Gasteiger partial charge is 0.0198 e. The molecule has 0 aromatic heterocycles. The summed E-state index contributed by atoms with van der Waals surface area (Å²) in [5, 5.41) is 3.87. The fraction of sp³-hybridized carbons (Fsp3) is 1.00. The van der Waals surface area contributed by atoms with Crippen LogP contribution in [0.4, 0.5) is 0 Å². The zero-order chi connectivity index (χ0) is 13.4. The molecule has 1 N–H and O–H groups in total. The van der Waals surface area contributed by atoms with Crippen molar-refractivity contribution in [3.8, 4) is 0 Å². The zero-order valence-electron chi connectivity index (χ0n) is 13.1. The van der Waals surface area contributed by atoms with E-state index in [0.29, 0.717) is 0 Å². The maximum absolute atomic E-state index is 3.87. The molecule has 0 aromatic carbocycles. The summed E-state index contributed by atoms with van der Waals surface area (Å²) in [7, 11) is 0. The Balaban J connectivity index is 1.56. The van der Waals surface area contributed by atoms with Crippen LogP contribution < -0.4 is 5.32 Å². The molecular weight excluding hydrogens is 232 g/mol. The van der Waals surface area contributed by atoms with Crippen LogP contribution in [0.1, 0.15) is 52.9 Å². The fourth-order valence-electron chi connectivity index (χ4n) is 3.92. The van der Waals surface area contributed by atoms with Crippen LogP contribution >= 0.6 is 0 Å². The summed E-state index contributed by atoms with van der Waals surface area (Å²) in [4.78, 5) is 2.83. The van der Waals surface area contributed by atoms with Crippen molar-refractivity contribution in [1.82, 2.24) is 10.2 Å². The summed E-state index contributed by atoms with van der Waals surface area (Å²) < 4.78 is 0. The summed E-state index contributed by atoms with van der Waals surface area (Å²) in [6.07, 6.45) is 7.24. The second-order valence-corrected chi connectivity index (χ2v) is 7.86. The van der Waals surface area contributed by atoms with Crippen molar-refractivity contribution in [2.24, 2.45) is 23.7 Å². The molecule has 4 unspecified atom stereocenters. The maximum atomic E-state index is 3.87. The molecule has 2 aliphatic carbocycles. The van der Waals surface area contributed by atoms with Crippen molar-refractivity contribution in [3.05, 3.63) is 0 Å². The van der Waals surface area contributed by atoms with E-state index >= 15 is 0 Å². The van der Waals surface area contributed by atoms with E-state index in [1.807, 2.05) is 0 Å². The van der Waals surface area contributed by atoms with E-state index < -0.39 is 0 Å². The average molecular weight is 264 g/mol. The van der Waals surface area contributed by atoms with Gasteiger partial charge in [0.05, 0.1) is 0 Å². The van der Waals surface area contributed by atoms with Gasteiger partial charge in [-0.2, -0.15) is 0 Å². The lowest BCUT2D eigenvalue weighted by molar-refractivity contribution is 0.0131. The fourth-order valence-corrected chi connectivity index (χ4v) is 3.92. The molecule has 0 spiro atoms. The Morgan fingerprint density at radius 2 is 1.89 bits per heavy atom. The largest absolute Gasteiger partial charge is 0.312 e. The van der Waals surface area contributed by atoms with Gasteiger partial charge < -0.3 is 5.32 Å². The lowest BCUT2D eigenvalue weighted by Gasteiger charge is -2.49. The molecule has 3 rings (SSSR count). The van der Waals surface area contributed by atoms with E-state index in [0.717, 1.165) is 35.8 Å². The topological polar surface area (TPSA) is 15.3 Å². The van der Waals surface area contributed by atoms with Crippen molar-refractivity contribution in [3.63, 3.8) is 0 Å². The second-order valence-electron chi connectivity index (χ2n) is 7.86. The highest BCUT2D eigenvalue weighted by Crippen LogP contribution is 2.36. The van der Waals surface area contributed by atoms with E-state index in [-0.39, 0.29) is 0 Å². The molecule has 3 fully saturated rings. The molecular formula is C17H32N2. The van der Waals surface area contributed by atoms with Gasteiger partial charge in [0.1, 0.15) is 0 Å². The highest BCUT2D eigenvalue weighted by molar-refractivity contribution is 4.94. The molecule has 0 radical (unpaired) electrons. The Morgan fingerprint density at radius 1 is 1.11 bits per heavy atom. The third-order valence-corrected chi connectivity index (χ3v) is 5.89. The monoisotopic (exact) mass is 264 g/mol. The van der Waals surface area contributed by atoms with Gasteiger partial charge in [0.15, 0.2) is 0 Å². The third-order valence-electron chi connectivity index (χ3n) is 5.89. The predicted molar refractivity (Wildman–Crippen MR) is 81.2 cm³/mol. The number of hydrogen-bond acceptors (Lipinski definition) is 2. The van der Waals surface area contributed by atoms with E-state index in [1.165, 1.54) is 51.7 Å². The molecule has 0 bridgehead atoms. The van der Waals surface area contributed by atoms with E-state index in [2.05, 4.69) is 31.0 Å². The Hall–Kier alpha value is -0.0800. The van der Waals surface area contributed by atoms with Gasteiger partial charge in [0, 0.05) is 25.2 Å². The second kappa shape index (κ2) is 5.73. The Bertz CT molecular complexity index is 298. The van der Waals surface area contributed by atoms with Gasteiger partial charge in [-0.05, 0) is 62.3 Å². The number of rotatable bonds is 5. The Kier molecular flexibility index (Phi) is 4.19.